The molecule has 0 bridgehead atoms. The molecule has 2 rings (SSSR count). The van der Waals surface area contributed by atoms with Gasteiger partial charge in [-0.05, 0) is 64.2 Å². The summed E-state index contributed by atoms with van der Waals surface area (Å²) in [4.78, 5) is 38.6. The van der Waals surface area contributed by atoms with Crippen molar-refractivity contribution in [2.24, 2.45) is 0 Å². The molecule has 1 aromatic carbocycles. The van der Waals surface area contributed by atoms with Crippen LogP contribution in [0.15, 0.2) is 47.6 Å². The van der Waals surface area contributed by atoms with Crippen LogP contribution in [-0.4, -0.2) is 33.9 Å². The number of allylic oxidation sites excluding steroid dienone is 4. The van der Waals surface area contributed by atoms with E-state index in [0.717, 1.165) is 43.8 Å². The topological polar surface area (TPSA) is 101 Å². The second-order valence-corrected chi connectivity index (χ2v) is 11.0. The molecular formula is C34H48O6. The van der Waals surface area contributed by atoms with Gasteiger partial charge in [0, 0.05) is 18.4 Å². The Balaban J connectivity index is 1.76. The van der Waals surface area contributed by atoms with Gasteiger partial charge < -0.3 is 14.9 Å². The van der Waals surface area contributed by atoms with Crippen LogP contribution in [0.5, 0.6) is 11.5 Å². The summed E-state index contributed by atoms with van der Waals surface area (Å²) in [7, 11) is 0. The molecule has 0 radical (unpaired) electrons. The lowest BCUT2D eigenvalue weighted by molar-refractivity contribution is -0.147. The van der Waals surface area contributed by atoms with Gasteiger partial charge in [-0.25, -0.2) is 0 Å². The highest BCUT2D eigenvalue weighted by molar-refractivity contribution is 6.27. The summed E-state index contributed by atoms with van der Waals surface area (Å²) in [6.45, 7) is 6.03. The molecule has 0 unspecified atom stereocenters. The molecular weight excluding hydrogens is 504 g/mol. The maximum absolute atomic E-state index is 13.2. The lowest BCUT2D eigenvalue weighted by Crippen LogP contribution is -2.29. The number of Topliss-reactive ketones (excluding diaryl/α,β-unsaturated/α-hetero) is 1. The minimum atomic E-state index is -0.947. The fourth-order valence-corrected chi connectivity index (χ4v) is 4.86. The average Bonchev–Trinajstić information content (AvgIpc) is 2.92. The third-order valence-corrected chi connectivity index (χ3v) is 7.19. The summed E-state index contributed by atoms with van der Waals surface area (Å²) in [5, 5.41) is 20.3. The first-order valence-corrected chi connectivity index (χ1v) is 15.1. The number of phenolic OH excluding ortho intramolecular Hbond substituents is 2. The SMILES string of the molecule is CCCCCCCC/C=C/CCCCCCCC(=O)O[C@H](CC=C(C)C)C1=CC(=O)c2c(O)ccc(O)c2C1=O. The highest BCUT2D eigenvalue weighted by Crippen LogP contribution is 2.36. The number of ether oxygens (including phenoxy) is 1. The van der Waals surface area contributed by atoms with Crippen LogP contribution < -0.4 is 0 Å². The number of rotatable bonds is 19. The van der Waals surface area contributed by atoms with Crippen molar-refractivity contribution in [3.8, 4) is 11.5 Å². The quantitative estimate of drug-likeness (QED) is 0.0770. The van der Waals surface area contributed by atoms with Gasteiger partial charge in [0.05, 0.1) is 11.1 Å². The summed E-state index contributed by atoms with van der Waals surface area (Å²) in [6.07, 6.45) is 22.3. The smallest absolute Gasteiger partial charge is 0.306 e. The minimum Gasteiger partial charge on any atom is -0.507 e. The Hall–Kier alpha value is -3.15. The summed E-state index contributed by atoms with van der Waals surface area (Å²) >= 11 is 0. The number of hydrogen-bond acceptors (Lipinski definition) is 6. The standard InChI is InChI=1S/C34H48O6/c1-4-5-6-7-8-9-10-11-12-13-14-15-16-17-18-19-31(38)40-30(23-20-25(2)3)26-24-29(37)32-27(35)21-22-28(36)33(32)34(26)39/h11-12,20-22,24,30,35-36H,4-10,13-19,23H2,1-3H3/b12-11+/t30-/m1/s1. The number of hydrogen-bond donors (Lipinski definition) is 2. The van der Waals surface area contributed by atoms with Gasteiger partial charge in [0.1, 0.15) is 17.6 Å². The van der Waals surface area contributed by atoms with Gasteiger partial charge >= 0.3 is 5.97 Å². The fourth-order valence-electron chi connectivity index (χ4n) is 4.86. The van der Waals surface area contributed by atoms with E-state index in [1.807, 2.05) is 19.9 Å². The summed E-state index contributed by atoms with van der Waals surface area (Å²) < 4.78 is 5.69. The first kappa shape index (κ1) is 33.1. The van der Waals surface area contributed by atoms with Crippen molar-refractivity contribution in [3.05, 3.63) is 58.7 Å². The molecule has 0 amide bonds. The second kappa shape index (κ2) is 18.2. The Morgan fingerprint density at radius 1 is 0.825 bits per heavy atom. The monoisotopic (exact) mass is 552 g/mol. The fraction of sp³-hybridized carbons (Fsp3) is 0.559. The van der Waals surface area contributed by atoms with Crippen LogP contribution >= 0.6 is 0 Å². The van der Waals surface area contributed by atoms with Gasteiger partial charge in [-0.1, -0.05) is 82.1 Å². The predicted molar refractivity (Wildman–Crippen MR) is 160 cm³/mol. The molecule has 1 atom stereocenters. The molecule has 0 aliphatic heterocycles. The van der Waals surface area contributed by atoms with E-state index in [1.54, 1.807) is 0 Å². The van der Waals surface area contributed by atoms with E-state index in [2.05, 4.69) is 19.1 Å². The average molecular weight is 553 g/mol. The van der Waals surface area contributed by atoms with E-state index in [1.165, 1.54) is 57.1 Å². The van der Waals surface area contributed by atoms with Crippen LogP contribution in [0.3, 0.4) is 0 Å². The van der Waals surface area contributed by atoms with Crippen molar-refractivity contribution in [2.75, 3.05) is 0 Å². The van der Waals surface area contributed by atoms with Crippen molar-refractivity contribution >= 4 is 17.5 Å². The molecule has 1 aliphatic carbocycles. The third-order valence-electron chi connectivity index (χ3n) is 7.19. The Kier molecular flexibility index (Phi) is 15.1. The minimum absolute atomic E-state index is 0.00815. The third kappa shape index (κ3) is 11.1. The maximum atomic E-state index is 13.2. The molecule has 220 valence electrons. The summed E-state index contributed by atoms with van der Waals surface area (Å²) in [5.74, 6) is -2.41. The van der Waals surface area contributed by atoms with Gasteiger partial charge in [-0.2, -0.15) is 0 Å². The molecule has 0 aromatic heterocycles. The number of esters is 1. The van der Waals surface area contributed by atoms with Crippen LogP contribution in [0.25, 0.3) is 0 Å². The zero-order chi connectivity index (χ0) is 29.3. The predicted octanol–water partition coefficient (Wildman–Crippen LogP) is 8.71. The number of unbranched alkanes of at least 4 members (excludes halogenated alkanes) is 11. The van der Waals surface area contributed by atoms with Crippen LogP contribution in [0, 0.1) is 0 Å². The second-order valence-electron chi connectivity index (χ2n) is 11.0. The van der Waals surface area contributed by atoms with Crippen LogP contribution in [0.2, 0.25) is 0 Å². The maximum Gasteiger partial charge on any atom is 0.306 e. The Morgan fingerprint density at radius 2 is 1.38 bits per heavy atom. The number of ketones is 2. The first-order valence-electron chi connectivity index (χ1n) is 15.1. The number of phenols is 2. The van der Waals surface area contributed by atoms with Crippen LogP contribution in [0.4, 0.5) is 0 Å². The van der Waals surface area contributed by atoms with E-state index in [4.69, 9.17) is 4.74 Å². The molecule has 40 heavy (non-hydrogen) atoms. The number of carbonyl (C=O) groups is 3. The normalized spacial score (nSPS) is 13.7. The summed E-state index contributed by atoms with van der Waals surface area (Å²) in [6, 6.07) is 2.35. The van der Waals surface area contributed by atoms with E-state index in [9.17, 15) is 24.6 Å². The number of aromatic hydroxyl groups is 2. The van der Waals surface area contributed by atoms with Crippen LogP contribution in [0.1, 0.15) is 138 Å². The largest absolute Gasteiger partial charge is 0.507 e. The zero-order valence-corrected chi connectivity index (χ0v) is 24.7. The molecule has 6 heteroatoms. The van der Waals surface area contributed by atoms with E-state index in [0.29, 0.717) is 6.42 Å². The van der Waals surface area contributed by atoms with E-state index >= 15 is 0 Å². The van der Waals surface area contributed by atoms with Gasteiger partial charge in [0.25, 0.3) is 0 Å². The number of benzene rings is 1. The summed E-state index contributed by atoms with van der Waals surface area (Å²) in [5.41, 5.74) is 0.510. The van der Waals surface area contributed by atoms with E-state index in [-0.39, 0.29) is 35.3 Å². The van der Waals surface area contributed by atoms with Gasteiger partial charge in [0.15, 0.2) is 11.6 Å². The Morgan fingerprint density at radius 3 is 1.98 bits per heavy atom. The van der Waals surface area contributed by atoms with Crippen molar-refractivity contribution < 1.29 is 29.3 Å². The Labute approximate surface area is 240 Å². The molecule has 1 aliphatic rings. The van der Waals surface area contributed by atoms with Crippen LogP contribution in [-0.2, 0) is 9.53 Å². The van der Waals surface area contributed by atoms with Gasteiger partial charge in [-0.15, -0.1) is 0 Å². The lowest BCUT2D eigenvalue weighted by Gasteiger charge is -2.23. The lowest BCUT2D eigenvalue weighted by atomic mass is 9.85. The molecule has 6 nitrogen and oxygen atoms in total. The highest BCUT2D eigenvalue weighted by Gasteiger charge is 2.35. The molecule has 0 saturated heterocycles. The molecule has 0 fully saturated rings. The van der Waals surface area contributed by atoms with Crippen molar-refractivity contribution in [1.29, 1.82) is 0 Å². The number of carbonyl (C=O) groups excluding carboxylic acids is 3. The molecule has 2 N–H and O–H groups in total. The first-order chi connectivity index (χ1) is 19.3. The molecule has 0 saturated carbocycles. The van der Waals surface area contributed by atoms with Crippen molar-refractivity contribution in [1.82, 2.24) is 0 Å². The van der Waals surface area contributed by atoms with Gasteiger partial charge in [0.2, 0.25) is 0 Å². The van der Waals surface area contributed by atoms with Crippen molar-refractivity contribution in [2.45, 2.75) is 123 Å². The molecule has 0 heterocycles. The Bertz CT molecular complexity index is 1070. The molecule has 0 spiro atoms. The molecule has 1 aromatic rings. The highest BCUT2D eigenvalue weighted by atomic mass is 16.5. The zero-order valence-electron chi connectivity index (χ0n) is 24.7. The number of fused-ring (bicyclic) bond motifs is 1. The van der Waals surface area contributed by atoms with Gasteiger partial charge in [-0.3, -0.25) is 14.4 Å². The van der Waals surface area contributed by atoms with E-state index < -0.39 is 29.4 Å². The van der Waals surface area contributed by atoms with Crippen molar-refractivity contribution in [3.63, 3.8) is 0 Å².